The normalized spacial score (nSPS) is 12.6. The molecule has 2 heteroatoms. The Hall–Kier alpha value is -1.02. The fourth-order valence-corrected chi connectivity index (χ4v) is 1.40. The number of aliphatic hydroxyl groups excluding tert-OH is 1. The van der Waals surface area contributed by atoms with Crippen molar-refractivity contribution >= 4 is 0 Å². The molecule has 1 aromatic carbocycles. The Morgan fingerprint density at radius 2 is 2.14 bits per heavy atom. The van der Waals surface area contributed by atoms with Gasteiger partial charge in [0.2, 0.25) is 0 Å². The predicted octanol–water partition coefficient (Wildman–Crippen LogP) is 2.49. The first kappa shape index (κ1) is 11.1. The maximum atomic E-state index is 9.02. The van der Waals surface area contributed by atoms with Crippen LogP contribution in [-0.2, 0) is 0 Å². The molecule has 0 radical (unpaired) electrons. The third-order valence-electron chi connectivity index (χ3n) is 2.34. The molecular weight excluding hydrogens is 176 g/mol. The number of aryl methyl sites for hydroxylation is 1. The lowest BCUT2D eigenvalue weighted by Crippen LogP contribution is -2.00. The van der Waals surface area contributed by atoms with Crippen LogP contribution in [0.1, 0.15) is 30.9 Å². The minimum Gasteiger partial charge on any atom is -0.494 e. The predicted molar refractivity (Wildman–Crippen MR) is 57.8 cm³/mol. The van der Waals surface area contributed by atoms with Crippen LogP contribution in [0.2, 0.25) is 0 Å². The van der Waals surface area contributed by atoms with Crippen molar-refractivity contribution in [1.82, 2.24) is 0 Å². The molecule has 1 atom stereocenters. The lowest BCUT2D eigenvalue weighted by molar-refractivity contribution is 0.273. The molecule has 1 unspecified atom stereocenters. The fraction of sp³-hybridized carbons (Fsp3) is 0.500. The third kappa shape index (κ3) is 2.48. The van der Waals surface area contributed by atoms with E-state index < -0.39 is 0 Å². The average Bonchev–Trinajstić information content (AvgIpc) is 2.20. The van der Waals surface area contributed by atoms with Crippen LogP contribution >= 0.6 is 0 Å². The van der Waals surface area contributed by atoms with Crippen molar-refractivity contribution in [2.24, 2.45) is 0 Å². The van der Waals surface area contributed by atoms with Gasteiger partial charge in [-0.15, -0.1) is 0 Å². The largest absolute Gasteiger partial charge is 0.494 e. The second kappa shape index (κ2) is 5.01. The van der Waals surface area contributed by atoms with Gasteiger partial charge in [0.15, 0.2) is 0 Å². The van der Waals surface area contributed by atoms with Crippen LogP contribution < -0.4 is 4.74 Å². The van der Waals surface area contributed by atoms with Crippen molar-refractivity contribution < 1.29 is 9.84 Å². The van der Waals surface area contributed by atoms with Gasteiger partial charge in [-0.3, -0.25) is 0 Å². The van der Waals surface area contributed by atoms with Crippen molar-refractivity contribution in [3.63, 3.8) is 0 Å². The molecule has 0 saturated heterocycles. The average molecular weight is 194 g/mol. The summed E-state index contributed by atoms with van der Waals surface area (Å²) in [4.78, 5) is 0. The Balaban J connectivity index is 2.88. The molecule has 2 nitrogen and oxygen atoms in total. The van der Waals surface area contributed by atoms with Gasteiger partial charge in [-0.2, -0.15) is 0 Å². The lowest BCUT2D eigenvalue weighted by Gasteiger charge is -2.12. The van der Waals surface area contributed by atoms with E-state index in [1.807, 2.05) is 32.9 Å². The van der Waals surface area contributed by atoms with Gasteiger partial charge in [-0.25, -0.2) is 0 Å². The van der Waals surface area contributed by atoms with Crippen molar-refractivity contribution in [3.05, 3.63) is 29.3 Å². The number of benzene rings is 1. The van der Waals surface area contributed by atoms with E-state index in [0.29, 0.717) is 6.61 Å². The van der Waals surface area contributed by atoms with Gasteiger partial charge in [0.05, 0.1) is 6.61 Å². The molecule has 1 rings (SSSR count). The van der Waals surface area contributed by atoms with Crippen molar-refractivity contribution in [2.45, 2.75) is 26.7 Å². The first-order chi connectivity index (χ1) is 6.69. The number of ether oxygens (including phenoxy) is 1. The summed E-state index contributed by atoms with van der Waals surface area (Å²) in [7, 11) is 0. The van der Waals surface area contributed by atoms with E-state index in [9.17, 15) is 0 Å². The number of hydrogen-bond acceptors (Lipinski definition) is 2. The molecule has 0 saturated carbocycles. The van der Waals surface area contributed by atoms with Crippen LogP contribution in [0.4, 0.5) is 0 Å². The van der Waals surface area contributed by atoms with E-state index in [-0.39, 0.29) is 12.5 Å². The molecule has 0 aliphatic heterocycles. The standard InChI is InChI=1S/C12H18O2/c1-4-14-12-6-5-11(7-9(12)2)10(3)8-13/h5-7,10,13H,4,8H2,1-3H3. The summed E-state index contributed by atoms with van der Waals surface area (Å²) < 4.78 is 5.44. The first-order valence-electron chi connectivity index (χ1n) is 5.03. The summed E-state index contributed by atoms with van der Waals surface area (Å²) in [5, 5.41) is 9.02. The molecule has 0 bridgehead atoms. The van der Waals surface area contributed by atoms with E-state index in [1.54, 1.807) is 0 Å². The highest BCUT2D eigenvalue weighted by Gasteiger charge is 2.06. The van der Waals surface area contributed by atoms with Gasteiger partial charge in [0, 0.05) is 12.5 Å². The van der Waals surface area contributed by atoms with Gasteiger partial charge in [-0.1, -0.05) is 19.1 Å². The van der Waals surface area contributed by atoms with E-state index in [4.69, 9.17) is 9.84 Å². The Kier molecular flexibility index (Phi) is 3.96. The van der Waals surface area contributed by atoms with Crippen molar-refractivity contribution in [1.29, 1.82) is 0 Å². The molecule has 0 spiro atoms. The van der Waals surface area contributed by atoms with Crippen LogP contribution in [0.5, 0.6) is 5.75 Å². The quantitative estimate of drug-likeness (QED) is 0.798. The maximum absolute atomic E-state index is 9.02. The minimum atomic E-state index is 0.188. The molecule has 0 aromatic heterocycles. The van der Waals surface area contributed by atoms with Crippen LogP contribution in [0, 0.1) is 6.92 Å². The number of aliphatic hydroxyl groups is 1. The highest BCUT2D eigenvalue weighted by atomic mass is 16.5. The van der Waals surface area contributed by atoms with Crippen LogP contribution in [-0.4, -0.2) is 18.3 Å². The summed E-state index contributed by atoms with van der Waals surface area (Å²) in [6, 6.07) is 6.06. The highest BCUT2D eigenvalue weighted by molar-refractivity contribution is 5.37. The molecule has 1 N–H and O–H groups in total. The molecule has 0 aliphatic rings. The Morgan fingerprint density at radius 1 is 1.43 bits per heavy atom. The Labute approximate surface area is 85.5 Å². The number of hydrogen-bond donors (Lipinski definition) is 1. The van der Waals surface area contributed by atoms with Crippen LogP contribution in [0.25, 0.3) is 0 Å². The molecule has 78 valence electrons. The van der Waals surface area contributed by atoms with E-state index >= 15 is 0 Å². The monoisotopic (exact) mass is 194 g/mol. The second-order valence-electron chi connectivity index (χ2n) is 3.54. The van der Waals surface area contributed by atoms with Gasteiger partial charge >= 0.3 is 0 Å². The fourth-order valence-electron chi connectivity index (χ4n) is 1.40. The van der Waals surface area contributed by atoms with E-state index in [0.717, 1.165) is 16.9 Å². The zero-order valence-corrected chi connectivity index (χ0v) is 9.08. The Bertz CT molecular complexity index is 294. The van der Waals surface area contributed by atoms with Crippen molar-refractivity contribution in [3.8, 4) is 5.75 Å². The molecule has 0 aliphatic carbocycles. The highest BCUT2D eigenvalue weighted by Crippen LogP contribution is 2.23. The van der Waals surface area contributed by atoms with Crippen molar-refractivity contribution in [2.75, 3.05) is 13.2 Å². The number of rotatable bonds is 4. The molecule has 1 aromatic rings. The summed E-state index contributed by atoms with van der Waals surface area (Å²) in [6.45, 7) is 6.89. The van der Waals surface area contributed by atoms with E-state index in [1.165, 1.54) is 0 Å². The topological polar surface area (TPSA) is 29.5 Å². The molecular formula is C12H18O2. The van der Waals surface area contributed by atoms with E-state index in [2.05, 4.69) is 6.07 Å². The van der Waals surface area contributed by atoms with Crippen LogP contribution in [0.15, 0.2) is 18.2 Å². The molecule has 0 heterocycles. The smallest absolute Gasteiger partial charge is 0.122 e. The first-order valence-corrected chi connectivity index (χ1v) is 5.03. The Morgan fingerprint density at radius 3 is 2.64 bits per heavy atom. The van der Waals surface area contributed by atoms with Gasteiger partial charge in [0.1, 0.15) is 5.75 Å². The molecule has 0 fully saturated rings. The summed E-state index contributed by atoms with van der Waals surface area (Å²) in [5.74, 6) is 1.13. The van der Waals surface area contributed by atoms with Gasteiger partial charge < -0.3 is 9.84 Å². The summed E-state index contributed by atoms with van der Waals surface area (Å²) in [6.07, 6.45) is 0. The maximum Gasteiger partial charge on any atom is 0.122 e. The zero-order valence-electron chi connectivity index (χ0n) is 9.08. The van der Waals surface area contributed by atoms with Gasteiger partial charge in [0.25, 0.3) is 0 Å². The lowest BCUT2D eigenvalue weighted by atomic mass is 10.00. The zero-order chi connectivity index (χ0) is 10.6. The summed E-state index contributed by atoms with van der Waals surface area (Å²) >= 11 is 0. The SMILES string of the molecule is CCOc1ccc(C(C)CO)cc1C. The molecule has 14 heavy (non-hydrogen) atoms. The van der Waals surface area contributed by atoms with Crippen LogP contribution in [0.3, 0.4) is 0 Å². The summed E-state index contributed by atoms with van der Waals surface area (Å²) in [5.41, 5.74) is 2.29. The second-order valence-corrected chi connectivity index (χ2v) is 3.54. The minimum absolute atomic E-state index is 0.188. The third-order valence-corrected chi connectivity index (χ3v) is 2.34. The molecule has 0 amide bonds. The van der Waals surface area contributed by atoms with Gasteiger partial charge in [-0.05, 0) is 31.0 Å².